The van der Waals surface area contributed by atoms with Crippen molar-refractivity contribution in [2.24, 2.45) is 17.8 Å². The number of ether oxygens (including phenoxy) is 4. The maximum Gasteiger partial charge on any atom is 0.472 e. The fraction of sp³-hybridized carbons (Fsp3) is 0.896. The third-order valence-electron chi connectivity index (χ3n) is 17.6. The van der Waals surface area contributed by atoms with Gasteiger partial charge in [0.25, 0.3) is 0 Å². The van der Waals surface area contributed by atoms with Crippen LogP contribution in [0.15, 0.2) is 24.3 Å². The molecule has 0 heterocycles. The van der Waals surface area contributed by atoms with Gasteiger partial charge in [-0.3, -0.25) is 37.3 Å². The van der Waals surface area contributed by atoms with Gasteiger partial charge in [0.1, 0.15) is 19.3 Å². The van der Waals surface area contributed by atoms with Crippen LogP contribution in [0.2, 0.25) is 0 Å². The molecule has 0 saturated heterocycles. The molecule has 0 aromatic carbocycles. The summed E-state index contributed by atoms with van der Waals surface area (Å²) in [6, 6.07) is 0. The lowest BCUT2D eigenvalue weighted by atomic mass is 10.00. The minimum absolute atomic E-state index is 0.0838. The van der Waals surface area contributed by atoms with Gasteiger partial charge in [-0.15, -0.1) is 0 Å². The Hall–Kier alpha value is -2.46. The van der Waals surface area contributed by atoms with Crippen molar-refractivity contribution >= 4 is 39.5 Å². The third kappa shape index (κ3) is 68.7. The standard InChI is InChI=1S/C77H146O17P2/c1-8-10-11-12-13-14-15-16-19-24-27-32-37-46-53-60-76(81)94-73(65-88-75(80)59-52-45-40-39-43-50-57-70(7)9-2)67-92-96(85,86)90-63-71(78)62-89-95(83,84)91-66-72(93-77(82)61-54-47-38-33-28-30-35-42-49-56-69(5)6)64-87-74(79)58-51-44-36-31-26-23-21-18-17-20-22-25-29-34-41-48-55-68(3)4/h14-16,19,68-73,78H,8-13,17-18,20-67H2,1-7H3,(H,83,84)(H,85,86)/b15-14-,19-16-/t70?,71-,72-,73-/m1/s1. The number of allylic oxidation sites excluding steroid dienone is 4. The Morgan fingerprint density at radius 2 is 0.615 bits per heavy atom. The lowest BCUT2D eigenvalue weighted by Crippen LogP contribution is -2.30. The van der Waals surface area contributed by atoms with Crippen LogP contribution in [0.3, 0.4) is 0 Å². The molecule has 0 radical (unpaired) electrons. The number of hydrogen-bond donors (Lipinski definition) is 3. The van der Waals surface area contributed by atoms with Crippen LogP contribution < -0.4 is 0 Å². The van der Waals surface area contributed by atoms with Crippen LogP contribution >= 0.6 is 15.6 Å². The van der Waals surface area contributed by atoms with E-state index in [1.165, 1.54) is 161 Å². The summed E-state index contributed by atoms with van der Waals surface area (Å²) in [6.45, 7) is 11.8. The smallest absolute Gasteiger partial charge is 0.462 e. The number of phosphoric ester groups is 2. The predicted octanol–water partition coefficient (Wildman–Crippen LogP) is 22.1. The maximum atomic E-state index is 13.1. The number of aliphatic hydroxyl groups is 1. The van der Waals surface area contributed by atoms with Gasteiger partial charge in [-0.2, -0.15) is 0 Å². The number of phosphoric acid groups is 2. The lowest BCUT2D eigenvalue weighted by Gasteiger charge is -2.21. The molecule has 0 spiro atoms. The van der Waals surface area contributed by atoms with Crippen molar-refractivity contribution in [1.82, 2.24) is 0 Å². The molecule has 3 unspecified atom stereocenters. The zero-order valence-corrected chi connectivity index (χ0v) is 64.1. The van der Waals surface area contributed by atoms with Crippen LogP contribution in [0.5, 0.6) is 0 Å². The summed E-state index contributed by atoms with van der Waals surface area (Å²) in [5.74, 6) is 0.124. The number of aliphatic hydroxyl groups excluding tert-OH is 1. The maximum absolute atomic E-state index is 13.1. The van der Waals surface area contributed by atoms with Gasteiger partial charge >= 0.3 is 39.5 Å². The first kappa shape index (κ1) is 93.5. The van der Waals surface area contributed by atoms with E-state index >= 15 is 0 Å². The molecule has 3 N–H and O–H groups in total. The molecule has 0 aromatic heterocycles. The van der Waals surface area contributed by atoms with Crippen molar-refractivity contribution in [1.29, 1.82) is 0 Å². The molecule has 96 heavy (non-hydrogen) atoms. The quantitative estimate of drug-likeness (QED) is 0.0169. The first-order valence-corrected chi connectivity index (χ1v) is 42.2. The number of unbranched alkanes of at least 4 members (excludes halogenated alkanes) is 37. The van der Waals surface area contributed by atoms with Crippen molar-refractivity contribution in [3.05, 3.63) is 24.3 Å². The summed E-state index contributed by atoms with van der Waals surface area (Å²) in [5, 5.41) is 10.6. The zero-order chi connectivity index (χ0) is 70.9. The number of hydrogen-bond acceptors (Lipinski definition) is 15. The van der Waals surface area contributed by atoms with Crippen LogP contribution in [-0.2, 0) is 65.4 Å². The number of rotatable bonds is 73. The summed E-state index contributed by atoms with van der Waals surface area (Å²) in [6.07, 6.45) is 56.4. The highest BCUT2D eigenvalue weighted by Gasteiger charge is 2.30. The number of carbonyl (C=O) groups is 4. The first-order chi connectivity index (χ1) is 46.3. The van der Waals surface area contributed by atoms with Crippen LogP contribution in [0, 0.1) is 17.8 Å². The van der Waals surface area contributed by atoms with Gasteiger partial charge in [0.05, 0.1) is 26.4 Å². The summed E-state index contributed by atoms with van der Waals surface area (Å²) in [5.41, 5.74) is 0. The molecule has 17 nitrogen and oxygen atoms in total. The second kappa shape index (κ2) is 67.1. The van der Waals surface area contributed by atoms with Crippen molar-refractivity contribution in [2.45, 2.75) is 388 Å². The SMILES string of the molecule is CCCCCC/C=C\C=C/CCCCCCCC(=O)O[C@H](COC(=O)CCCCCCCCC(C)CC)COP(=O)(O)OC[C@H](O)COP(=O)(O)OC[C@@H](COC(=O)CCCCCCCCCCCCCCCCCCC(C)C)OC(=O)CCCCCCCCCCCC(C)C. The molecule has 0 rings (SSSR count). The largest absolute Gasteiger partial charge is 0.472 e. The molecule has 0 saturated carbocycles. The topological polar surface area (TPSA) is 237 Å². The molecule has 566 valence electrons. The highest BCUT2D eigenvalue weighted by molar-refractivity contribution is 7.47. The number of carbonyl (C=O) groups excluding carboxylic acids is 4. The fourth-order valence-electron chi connectivity index (χ4n) is 11.2. The Morgan fingerprint density at radius 3 is 0.927 bits per heavy atom. The molecule has 0 amide bonds. The first-order valence-electron chi connectivity index (χ1n) is 39.2. The molecule has 6 atom stereocenters. The highest BCUT2D eigenvalue weighted by Crippen LogP contribution is 2.45. The van der Waals surface area contributed by atoms with E-state index in [1.807, 2.05) is 0 Å². The summed E-state index contributed by atoms with van der Waals surface area (Å²) < 4.78 is 68.5. The highest BCUT2D eigenvalue weighted by atomic mass is 31.2. The van der Waals surface area contributed by atoms with Gasteiger partial charge in [0.15, 0.2) is 12.2 Å². The van der Waals surface area contributed by atoms with Crippen LogP contribution in [0.25, 0.3) is 0 Å². The Bertz CT molecular complexity index is 1970. The van der Waals surface area contributed by atoms with Crippen molar-refractivity contribution < 1.29 is 80.2 Å². The fourth-order valence-corrected chi connectivity index (χ4v) is 12.8. The monoisotopic (exact) mass is 1410 g/mol. The zero-order valence-electron chi connectivity index (χ0n) is 62.3. The van der Waals surface area contributed by atoms with E-state index in [4.69, 9.17) is 37.0 Å². The lowest BCUT2D eigenvalue weighted by molar-refractivity contribution is -0.161. The molecule has 0 bridgehead atoms. The Morgan fingerprint density at radius 1 is 0.344 bits per heavy atom. The predicted molar refractivity (Wildman–Crippen MR) is 390 cm³/mol. The molecule has 0 aliphatic rings. The van der Waals surface area contributed by atoms with Crippen molar-refractivity contribution in [3.63, 3.8) is 0 Å². The van der Waals surface area contributed by atoms with Crippen LogP contribution in [0.1, 0.15) is 370 Å². The van der Waals surface area contributed by atoms with E-state index in [9.17, 15) is 43.2 Å². The summed E-state index contributed by atoms with van der Waals surface area (Å²) in [4.78, 5) is 72.8. The Labute approximate surface area is 586 Å². The minimum Gasteiger partial charge on any atom is -0.462 e. The van der Waals surface area contributed by atoms with Gasteiger partial charge in [-0.1, -0.05) is 317 Å². The van der Waals surface area contributed by atoms with Gasteiger partial charge in [0.2, 0.25) is 0 Å². The normalized spacial score (nSPS) is 14.5. The molecule has 0 aliphatic carbocycles. The minimum atomic E-state index is -4.96. The van der Waals surface area contributed by atoms with Gasteiger partial charge in [0, 0.05) is 25.7 Å². The Balaban J connectivity index is 5.24. The summed E-state index contributed by atoms with van der Waals surface area (Å²) in [7, 11) is -9.93. The van der Waals surface area contributed by atoms with E-state index in [2.05, 4.69) is 72.8 Å². The molecule has 0 fully saturated rings. The second-order valence-corrected chi connectivity index (χ2v) is 31.2. The number of esters is 4. The van der Waals surface area contributed by atoms with Crippen molar-refractivity contribution in [3.8, 4) is 0 Å². The third-order valence-corrected chi connectivity index (χ3v) is 19.5. The molecular weight excluding hydrogens is 1260 g/mol. The van der Waals surface area contributed by atoms with E-state index in [-0.39, 0.29) is 25.7 Å². The van der Waals surface area contributed by atoms with E-state index in [0.29, 0.717) is 25.7 Å². The second-order valence-electron chi connectivity index (χ2n) is 28.3. The van der Waals surface area contributed by atoms with Gasteiger partial charge < -0.3 is 33.8 Å². The van der Waals surface area contributed by atoms with Crippen LogP contribution in [-0.4, -0.2) is 96.7 Å². The molecule has 0 aliphatic heterocycles. The summed E-state index contributed by atoms with van der Waals surface area (Å²) >= 11 is 0. The van der Waals surface area contributed by atoms with Crippen LogP contribution in [0.4, 0.5) is 0 Å². The average Bonchev–Trinajstić information content (AvgIpc) is 1.15. The average molecular weight is 1410 g/mol. The molecule has 19 heteroatoms. The Kier molecular flexibility index (Phi) is 65.3. The van der Waals surface area contributed by atoms with E-state index in [1.54, 1.807) is 0 Å². The van der Waals surface area contributed by atoms with E-state index < -0.39 is 97.5 Å². The van der Waals surface area contributed by atoms with Gasteiger partial charge in [-0.05, 0) is 69.1 Å². The van der Waals surface area contributed by atoms with Gasteiger partial charge in [-0.25, -0.2) is 9.13 Å². The van der Waals surface area contributed by atoms with Crippen molar-refractivity contribution in [2.75, 3.05) is 39.6 Å². The van der Waals surface area contributed by atoms with E-state index in [0.717, 1.165) is 127 Å². The molecular formula is C77H146O17P2. The molecule has 0 aromatic rings.